The molecule has 0 saturated carbocycles. The highest BCUT2D eigenvalue weighted by molar-refractivity contribution is 7.08. The SMILES string of the molecule is CCCc1nnsc1C(=O)NC(C)CO. The van der Waals surface area contributed by atoms with Gasteiger partial charge < -0.3 is 10.4 Å². The zero-order chi connectivity index (χ0) is 11.3. The van der Waals surface area contributed by atoms with Gasteiger partial charge in [-0.1, -0.05) is 17.8 Å². The molecule has 2 N–H and O–H groups in total. The third-order valence-corrected chi connectivity index (χ3v) is 2.67. The monoisotopic (exact) mass is 229 g/mol. The first-order valence-corrected chi connectivity index (χ1v) is 5.69. The van der Waals surface area contributed by atoms with Crippen LogP contribution in [0.25, 0.3) is 0 Å². The molecule has 0 fully saturated rings. The van der Waals surface area contributed by atoms with Gasteiger partial charge in [-0.25, -0.2) is 0 Å². The summed E-state index contributed by atoms with van der Waals surface area (Å²) in [5.41, 5.74) is 0.741. The van der Waals surface area contributed by atoms with Gasteiger partial charge in [-0.3, -0.25) is 4.79 Å². The Bertz CT molecular complexity index is 327. The number of nitrogens with zero attached hydrogens (tertiary/aromatic N) is 2. The minimum Gasteiger partial charge on any atom is -0.394 e. The molecule has 0 aromatic carbocycles. The maximum absolute atomic E-state index is 11.7. The van der Waals surface area contributed by atoms with E-state index in [2.05, 4.69) is 14.9 Å². The van der Waals surface area contributed by atoms with Crippen LogP contribution in [-0.4, -0.2) is 33.2 Å². The standard InChI is InChI=1S/C9H15N3O2S/c1-3-4-7-8(15-12-11-7)9(14)10-6(2)5-13/h6,13H,3-5H2,1-2H3,(H,10,14). The Labute approximate surface area is 92.7 Å². The molecular formula is C9H15N3O2S. The third kappa shape index (κ3) is 3.24. The lowest BCUT2D eigenvalue weighted by Crippen LogP contribution is -2.35. The van der Waals surface area contributed by atoms with Gasteiger partial charge in [0.2, 0.25) is 0 Å². The second kappa shape index (κ2) is 5.77. The summed E-state index contributed by atoms with van der Waals surface area (Å²) in [6.07, 6.45) is 1.69. The van der Waals surface area contributed by atoms with Crippen LogP contribution in [0.2, 0.25) is 0 Å². The highest BCUT2D eigenvalue weighted by Crippen LogP contribution is 2.12. The molecule has 0 aliphatic carbocycles. The fraction of sp³-hybridized carbons (Fsp3) is 0.667. The smallest absolute Gasteiger partial charge is 0.265 e. The molecule has 1 rings (SSSR count). The lowest BCUT2D eigenvalue weighted by Gasteiger charge is -2.09. The van der Waals surface area contributed by atoms with Crippen LogP contribution in [0.5, 0.6) is 0 Å². The first kappa shape index (κ1) is 12.1. The van der Waals surface area contributed by atoms with E-state index in [0.29, 0.717) is 4.88 Å². The van der Waals surface area contributed by atoms with Crippen LogP contribution in [0.3, 0.4) is 0 Å². The molecule has 1 atom stereocenters. The van der Waals surface area contributed by atoms with Crippen LogP contribution >= 0.6 is 11.5 Å². The number of hydrogen-bond acceptors (Lipinski definition) is 5. The number of amides is 1. The third-order valence-electron chi connectivity index (χ3n) is 1.90. The summed E-state index contributed by atoms with van der Waals surface area (Å²) >= 11 is 1.10. The fourth-order valence-electron chi connectivity index (χ4n) is 1.12. The van der Waals surface area contributed by atoms with Gasteiger partial charge in [0.05, 0.1) is 12.3 Å². The lowest BCUT2D eigenvalue weighted by molar-refractivity contribution is 0.0925. The van der Waals surface area contributed by atoms with Crippen LogP contribution in [0.15, 0.2) is 0 Å². The molecule has 1 amide bonds. The molecule has 0 aliphatic heterocycles. The average Bonchev–Trinajstić information content (AvgIpc) is 2.66. The van der Waals surface area contributed by atoms with Gasteiger partial charge in [0.15, 0.2) is 0 Å². The highest BCUT2D eigenvalue weighted by atomic mass is 32.1. The average molecular weight is 229 g/mol. The molecule has 84 valence electrons. The Kier molecular flexibility index (Phi) is 4.64. The molecule has 5 nitrogen and oxygen atoms in total. The predicted octanol–water partition coefficient (Wildman–Crippen LogP) is 0.601. The number of nitrogens with one attached hydrogen (secondary N) is 1. The van der Waals surface area contributed by atoms with E-state index >= 15 is 0 Å². The van der Waals surface area contributed by atoms with Gasteiger partial charge in [-0.15, -0.1) is 5.10 Å². The molecule has 1 heterocycles. The van der Waals surface area contributed by atoms with E-state index in [-0.39, 0.29) is 18.6 Å². The Morgan fingerprint density at radius 3 is 3.00 bits per heavy atom. The number of aliphatic hydroxyl groups excluding tert-OH is 1. The minimum absolute atomic E-state index is 0.0684. The molecule has 1 aromatic rings. The van der Waals surface area contributed by atoms with E-state index in [1.165, 1.54) is 0 Å². The van der Waals surface area contributed by atoms with Crippen molar-refractivity contribution in [2.24, 2.45) is 0 Å². The topological polar surface area (TPSA) is 75.1 Å². The summed E-state index contributed by atoms with van der Waals surface area (Å²) in [5, 5.41) is 15.4. The zero-order valence-electron chi connectivity index (χ0n) is 8.86. The summed E-state index contributed by atoms with van der Waals surface area (Å²) in [5.74, 6) is -0.199. The Morgan fingerprint density at radius 1 is 1.67 bits per heavy atom. The van der Waals surface area contributed by atoms with Crippen molar-refractivity contribution in [1.29, 1.82) is 0 Å². The van der Waals surface area contributed by atoms with Crippen LogP contribution in [0.4, 0.5) is 0 Å². The van der Waals surface area contributed by atoms with E-state index in [0.717, 1.165) is 30.1 Å². The van der Waals surface area contributed by atoms with Crippen molar-refractivity contribution in [2.75, 3.05) is 6.61 Å². The van der Waals surface area contributed by atoms with E-state index < -0.39 is 0 Å². The number of rotatable bonds is 5. The Hall–Kier alpha value is -1.01. The number of carbonyl (C=O) groups excluding carboxylic acids is 1. The molecule has 6 heteroatoms. The molecule has 0 radical (unpaired) electrons. The van der Waals surface area contributed by atoms with Gasteiger partial charge in [0.25, 0.3) is 5.91 Å². The van der Waals surface area contributed by atoms with Crippen molar-refractivity contribution in [3.63, 3.8) is 0 Å². The van der Waals surface area contributed by atoms with Crippen molar-refractivity contribution in [3.05, 3.63) is 10.6 Å². The van der Waals surface area contributed by atoms with E-state index in [9.17, 15) is 4.79 Å². The van der Waals surface area contributed by atoms with Gasteiger partial charge >= 0.3 is 0 Å². The number of aromatic nitrogens is 2. The van der Waals surface area contributed by atoms with Crippen LogP contribution in [0, 0.1) is 0 Å². The first-order valence-electron chi connectivity index (χ1n) is 4.92. The quantitative estimate of drug-likeness (QED) is 0.775. The summed E-state index contributed by atoms with van der Waals surface area (Å²) in [6.45, 7) is 3.70. The number of aryl methyl sites for hydroxylation is 1. The molecule has 0 aliphatic rings. The number of aliphatic hydroxyl groups is 1. The molecule has 0 bridgehead atoms. The van der Waals surface area contributed by atoms with Crippen molar-refractivity contribution in [1.82, 2.24) is 14.9 Å². The second-order valence-electron chi connectivity index (χ2n) is 3.36. The molecule has 1 aromatic heterocycles. The molecule has 15 heavy (non-hydrogen) atoms. The largest absolute Gasteiger partial charge is 0.394 e. The molecule has 0 spiro atoms. The van der Waals surface area contributed by atoms with Gasteiger partial charge in [0, 0.05) is 6.04 Å². The van der Waals surface area contributed by atoms with E-state index in [1.54, 1.807) is 6.92 Å². The minimum atomic E-state index is -0.242. The molecular weight excluding hydrogens is 214 g/mol. The Morgan fingerprint density at radius 2 is 2.40 bits per heavy atom. The predicted molar refractivity (Wildman–Crippen MR) is 57.9 cm³/mol. The van der Waals surface area contributed by atoms with E-state index in [4.69, 9.17) is 5.11 Å². The van der Waals surface area contributed by atoms with E-state index in [1.807, 2.05) is 6.92 Å². The zero-order valence-corrected chi connectivity index (χ0v) is 9.67. The Balaban J connectivity index is 2.68. The molecule has 1 unspecified atom stereocenters. The maximum atomic E-state index is 11.7. The van der Waals surface area contributed by atoms with Crippen LogP contribution in [-0.2, 0) is 6.42 Å². The first-order chi connectivity index (χ1) is 7.19. The van der Waals surface area contributed by atoms with Crippen LogP contribution < -0.4 is 5.32 Å². The normalized spacial score (nSPS) is 12.5. The lowest BCUT2D eigenvalue weighted by atomic mass is 10.2. The second-order valence-corrected chi connectivity index (χ2v) is 4.11. The maximum Gasteiger partial charge on any atom is 0.265 e. The molecule has 0 saturated heterocycles. The van der Waals surface area contributed by atoms with Crippen molar-refractivity contribution < 1.29 is 9.90 Å². The van der Waals surface area contributed by atoms with Crippen molar-refractivity contribution >= 4 is 17.4 Å². The summed E-state index contributed by atoms with van der Waals surface area (Å²) in [4.78, 5) is 12.2. The highest BCUT2D eigenvalue weighted by Gasteiger charge is 2.16. The summed E-state index contributed by atoms with van der Waals surface area (Å²) < 4.78 is 3.76. The van der Waals surface area contributed by atoms with Gasteiger partial charge in [-0.2, -0.15) is 0 Å². The fourth-order valence-corrected chi connectivity index (χ4v) is 1.73. The van der Waals surface area contributed by atoms with Gasteiger partial charge in [-0.05, 0) is 24.9 Å². The van der Waals surface area contributed by atoms with Crippen LogP contribution in [0.1, 0.15) is 35.6 Å². The number of carbonyl (C=O) groups is 1. The number of hydrogen-bond donors (Lipinski definition) is 2. The van der Waals surface area contributed by atoms with Crippen molar-refractivity contribution in [3.8, 4) is 0 Å². The van der Waals surface area contributed by atoms with Crippen molar-refractivity contribution in [2.45, 2.75) is 32.7 Å². The summed E-state index contributed by atoms with van der Waals surface area (Å²) in [7, 11) is 0. The summed E-state index contributed by atoms with van der Waals surface area (Å²) in [6, 6.07) is -0.242. The van der Waals surface area contributed by atoms with Gasteiger partial charge in [0.1, 0.15) is 4.88 Å².